The lowest BCUT2D eigenvalue weighted by Crippen LogP contribution is -2.10. The summed E-state index contributed by atoms with van der Waals surface area (Å²) in [6, 6.07) is 72.2. The number of benzene rings is 10. The highest BCUT2D eigenvalue weighted by Crippen LogP contribution is 2.42. The summed E-state index contributed by atoms with van der Waals surface area (Å²) < 4.78 is 6.67. The molecular formula is C52H33NO. The number of rotatable bonds is 5. The molecule has 0 spiro atoms. The summed E-state index contributed by atoms with van der Waals surface area (Å²) in [4.78, 5) is 2.34. The van der Waals surface area contributed by atoms with E-state index in [4.69, 9.17) is 4.42 Å². The normalized spacial score (nSPS) is 11.7. The first-order valence-corrected chi connectivity index (χ1v) is 18.5. The predicted octanol–water partition coefficient (Wildman–Crippen LogP) is 15.0. The highest BCUT2D eigenvalue weighted by atomic mass is 16.3. The standard InChI is InChI=1S/C52H33NO/c1-2-10-34(11-3-1)39-14-8-15-41(32-39)53(42-28-31-47-49-30-24-36-13-5-7-17-45(36)52(49)54-50(47)33-42)40-26-22-37(23-27-40)43-18-9-19-48-46(43)29-25-38-21-20-35-12-4-6-16-44(35)51(38)48/h1-33H. The number of anilines is 3. The molecule has 0 fully saturated rings. The molecule has 10 aromatic carbocycles. The van der Waals surface area contributed by atoms with Crippen LogP contribution in [0.4, 0.5) is 17.1 Å². The number of hydrogen-bond donors (Lipinski definition) is 0. The fourth-order valence-electron chi connectivity index (χ4n) is 8.44. The highest BCUT2D eigenvalue weighted by molar-refractivity contribution is 6.22. The van der Waals surface area contributed by atoms with Crippen molar-refractivity contribution >= 4 is 82.1 Å². The summed E-state index contributed by atoms with van der Waals surface area (Å²) in [7, 11) is 0. The van der Waals surface area contributed by atoms with Crippen molar-refractivity contribution in [3.63, 3.8) is 0 Å². The summed E-state index contributed by atoms with van der Waals surface area (Å²) in [6.45, 7) is 0. The molecule has 1 heterocycles. The molecule has 0 saturated carbocycles. The molecule has 2 nitrogen and oxygen atoms in total. The van der Waals surface area contributed by atoms with Crippen molar-refractivity contribution in [1.29, 1.82) is 0 Å². The summed E-state index contributed by atoms with van der Waals surface area (Å²) in [5, 5.41) is 12.2. The van der Waals surface area contributed by atoms with Gasteiger partial charge in [-0.05, 0) is 102 Å². The van der Waals surface area contributed by atoms with Gasteiger partial charge in [0.05, 0.1) is 0 Å². The molecule has 0 aliphatic rings. The molecule has 0 bridgehead atoms. The van der Waals surface area contributed by atoms with Crippen molar-refractivity contribution in [2.45, 2.75) is 0 Å². The SMILES string of the molecule is c1ccc(-c2cccc(N(c3ccc(-c4cccc5c4ccc4ccc6ccccc6c45)cc3)c3ccc4c(c3)oc3c5ccccc5ccc43)c2)cc1. The Kier molecular flexibility index (Phi) is 6.90. The molecule has 54 heavy (non-hydrogen) atoms. The Morgan fingerprint density at radius 1 is 0.315 bits per heavy atom. The second kappa shape index (κ2) is 12.2. The quantitative estimate of drug-likeness (QED) is 0.168. The van der Waals surface area contributed by atoms with Crippen LogP contribution >= 0.6 is 0 Å². The Morgan fingerprint density at radius 2 is 0.926 bits per heavy atom. The van der Waals surface area contributed by atoms with Crippen molar-refractivity contribution in [2.75, 3.05) is 4.90 Å². The zero-order chi connectivity index (χ0) is 35.6. The molecule has 0 aliphatic carbocycles. The van der Waals surface area contributed by atoms with Crippen molar-refractivity contribution in [2.24, 2.45) is 0 Å². The van der Waals surface area contributed by atoms with Crippen LogP contribution in [0.1, 0.15) is 0 Å². The fourth-order valence-corrected chi connectivity index (χ4v) is 8.44. The Morgan fingerprint density at radius 3 is 1.80 bits per heavy atom. The van der Waals surface area contributed by atoms with E-state index in [1.807, 2.05) is 0 Å². The third kappa shape index (κ3) is 4.88. The van der Waals surface area contributed by atoms with Gasteiger partial charge in [0.1, 0.15) is 11.2 Å². The van der Waals surface area contributed by atoms with E-state index in [1.54, 1.807) is 0 Å². The lowest BCUT2D eigenvalue weighted by atomic mass is 9.92. The monoisotopic (exact) mass is 687 g/mol. The van der Waals surface area contributed by atoms with Crippen LogP contribution in [0.3, 0.4) is 0 Å². The fraction of sp³-hybridized carbons (Fsp3) is 0. The van der Waals surface area contributed by atoms with E-state index in [9.17, 15) is 0 Å². The first kappa shape index (κ1) is 30.5. The van der Waals surface area contributed by atoms with Crippen LogP contribution < -0.4 is 4.90 Å². The Labute approximate surface area is 312 Å². The molecule has 0 unspecified atom stereocenters. The zero-order valence-corrected chi connectivity index (χ0v) is 29.4. The van der Waals surface area contributed by atoms with E-state index in [2.05, 4.69) is 205 Å². The van der Waals surface area contributed by atoms with Gasteiger partial charge in [0.2, 0.25) is 0 Å². The second-order valence-electron chi connectivity index (χ2n) is 14.1. The van der Waals surface area contributed by atoms with Crippen molar-refractivity contribution in [1.82, 2.24) is 0 Å². The molecule has 252 valence electrons. The van der Waals surface area contributed by atoms with Gasteiger partial charge in [0, 0.05) is 39.3 Å². The van der Waals surface area contributed by atoms with Gasteiger partial charge >= 0.3 is 0 Å². The van der Waals surface area contributed by atoms with Crippen molar-refractivity contribution < 1.29 is 4.42 Å². The predicted molar refractivity (Wildman–Crippen MR) is 229 cm³/mol. The van der Waals surface area contributed by atoms with E-state index in [1.165, 1.54) is 60.0 Å². The Hall–Kier alpha value is -7.16. The summed E-state index contributed by atoms with van der Waals surface area (Å²) >= 11 is 0. The highest BCUT2D eigenvalue weighted by Gasteiger charge is 2.18. The molecule has 0 N–H and O–H groups in total. The van der Waals surface area contributed by atoms with E-state index in [0.717, 1.165) is 44.4 Å². The summed E-state index contributed by atoms with van der Waals surface area (Å²) in [5.74, 6) is 0. The maximum atomic E-state index is 6.67. The van der Waals surface area contributed by atoms with Crippen LogP contribution in [-0.2, 0) is 0 Å². The molecule has 11 rings (SSSR count). The van der Waals surface area contributed by atoms with Crippen LogP contribution in [0, 0.1) is 0 Å². The zero-order valence-electron chi connectivity index (χ0n) is 29.4. The van der Waals surface area contributed by atoms with Gasteiger partial charge in [-0.2, -0.15) is 0 Å². The number of fused-ring (bicyclic) bond motifs is 10. The Bertz CT molecular complexity index is 3210. The van der Waals surface area contributed by atoms with Gasteiger partial charge < -0.3 is 9.32 Å². The van der Waals surface area contributed by atoms with Crippen LogP contribution in [0.2, 0.25) is 0 Å². The van der Waals surface area contributed by atoms with Gasteiger partial charge in [-0.15, -0.1) is 0 Å². The molecule has 1 aromatic heterocycles. The largest absolute Gasteiger partial charge is 0.455 e. The lowest BCUT2D eigenvalue weighted by molar-refractivity contribution is 0.672. The number of hydrogen-bond acceptors (Lipinski definition) is 2. The van der Waals surface area contributed by atoms with E-state index < -0.39 is 0 Å². The topological polar surface area (TPSA) is 16.4 Å². The van der Waals surface area contributed by atoms with E-state index in [0.29, 0.717) is 0 Å². The van der Waals surface area contributed by atoms with Crippen molar-refractivity contribution in [3.8, 4) is 22.3 Å². The second-order valence-corrected chi connectivity index (χ2v) is 14.1. The van der Waals surface area contributed by atoms with Gasteiger partial charge in [0.15, 0.2) is 0 Å². The van der Waals surface area contributed by atoms with Crippen molar-refractivity contribution in [3.05, 3.63) is 200 Å². The van der Waals surface area contributed by atoms with Crippen LogP contribution in [0.15, 0.2) is 205 Å². The molecular weight excluding hydrogens is 655 g/mol. The molecule has 2 heteroatoms. The first-order chi connectivity index (χ1) is 26.8. The molecule has 0 atom stereocenters. The summed E-state index contributed by atoms with van der Waals surface area (Å²) in [5.41, 5.74) is 9.74. The summed E-state index contributed by atoms with van der Waals surface area (Å²) in [6.07, 6.45) is 0. The smallest absolute Gasteiger partial charge is 0.143 e. The van der Waals surface area contributed by atoms with Gasteiger partial charge in [-0.1, -0.05) is 152 Å². The van der Waals surface area contributed by atoms with Gasteiger partial charge in [-0.25, -0.2) is 0 Å². The Balaban J connectivity index is 1.06. The minimum absolute atomic E-state index is 0.871. The van der Waals surface area contributed by atoms with E-state index >= 15 is 0 Å². The average Bonchev–Trinajstić information content (AvgIpc) is 3.62. The van der Waals surface area contributed by atoms with Gasteiger partial charge in [0.25, 0.3) is 0 Å². The lowest BCUT2D eigenvalue weighted by Gasteiger charge is -2.26. The molecule has 0 aliphatic heterocycles. The third-order valence-electron chi connectivity index (χ3n) is 11.0. The third-order valence-corrected chi connectivity index (χ3v) is 11.0. The molecule has 0 saturated heterocycles. The molecule has 11 aromatic rings. The maximum Gasteiger partial charge on any atom is 0.143 e. The molecule has 0 amide bonds. The van der Waals surface area contributed by atoms with E-state index in [-0.39, 0.29) is 0 Å². The number of nitrogens with zero attached hydrogens (tertiary/aromatic N) is 1. The average molecular weight is 688 g/mol. The van der Waals surface area contributed by atoms with Crippen LogP contribution in [-0.4, -0.2) is 0 Å². The number of furan rings is 1. The van der Waals surface area contributed by atoms with Crippen LogP contribution in [0.5, 0.6) is 0 Å². The first-order valence-electron chi connectivity index (χ1n) is 18.5. The minimum Gasteiger partial charge on any atom is -0.455 e. The minimum atomic E-state index is 0.871. The molecule has 0 radical (unpaired) electrons. The van der Waals surface area contributed by atoms with Crippen LogP contribution in [0.25, 0.3) is 87.3 Å². The maximum absolute atomic E-state index is 6.67. The van der Waals surface area contributed by atoms with Gasteiger partial charge in [-0.3, -0.25) is 0 Å².